The topological polar surface area (TPSA) is 42.0 Å². The number of amides is 1. The lowest BCUT2D eigenvalue weighted by Gasteiger charge is -2.13. The van der Waals surface area contributed by atoms with E-state index in [-0.39, 0.29) is 15.3 Å². The normalized spacial score (nSPS) is 11.3. The number of hydrogen-bond donors (Lipinski definition) is 1. The molecule has 0 spiro atoms. The molecule has 0 aliphatic heterocycles. The van der Waals surface area contributed by atoms with Crippen LogP contribution in [0.2, 0.25) is 5.15 Å². The Labute approximate surface area is 131 Å². The molecule has 2 aromatic rings. The van der Waals surface area contributed by atoms with Crippen LogP contribution in [-0.4, -0.2) is 10.9 Å². The summed E-state index contributed by atoms with van der Waals surface area (Å²) in [6.45, 7) is 0. The Hall–Kier alpha value is -1.60. The number of carbonyl (C=O) groups excluding carboxylic acids is 1. The van der Waals surface area contributed by atoms with Crippen molar-refractivity contribution in [2.45, 2.75) is 6.18 Å². The van der Waals surface area contributed by atoms with E-state index < -0.39 is 23.2 Å². The molecular weight excluding hydrogens is 373 g/mol. The van der Waals surface area contributed by atoms with Gasteiger partial charge >= 0.3 is 6.18 Å². The summed E-state index contributed by atoms with van der Waals surface area (Å²) in [7, 11) is 0. The second-order valence-corrected chi connectivity index (χ2v) is 5.31. The molecule has 0 bridgehead atoms. The van der Waals surface area contributed by atoms with Crippen molar-refractivity contribution in [1.29, 1.82) is 0 Å². The maximum absolute atomic E-state index is 13.0. The predicted molar refractivity (Wildman–Crippen MR) is 76.3 cm³/mol. The van der Waals surface area contributed by atoms with Crippen LogP contribution in [-0.2, 0) is 6.18 Å². The van der Waals surface area contributed by atoms with Gasteiger partial charge in [0, 0.05) is 16.4 Å². The van der Waals surface area contributed by atoms with E-state index in [2.05, 4.69) is 26.2 Å². The maximum Gasteiger partial charge on any atom is 0.417 e. The zero-order valence-electron chi connectivity index (χ0n) is 10.2. The molecule has 1 aromatic carbocycles. The number of hydrogen-bond acceptors (Lipinski definition) is 2. The highest BCUT2D eigenvalue weighted by molar-refractivity contribution is 9.10. The van der Waals surface area contributed by atoms with Crippen molar-refractivity contribution >= 4 is 39.1 Å². The molecule has 1 aromatic heterocycles. The van der Waals surface area contributed by atoms with E-state index in [1.165, 1.54) is 24.4 Å². The number of carbonyl (C=O) groups is 1. The van der Waals surface area contributed by atoms with Gasteiger partial charge < -0.3 is 5.32 Å². The average Bonchev–Trinajstić information content (AvgIpc) is 2.37. The first kappa shape index (κ1) is 15.8. The van der Waals surface area contributed by atoms with E-state index in [0.717, 1.165) is 12.1 Å². The van der Waals surface area contributed by atoms with Gasteiger partial charge in [0.05, 0.1) is 11.1 Å². The molecule has 0 aliphatic rings. The molecule has 0 fully saturated rings. The number of pyridine rings is 1. The van der Waals surface area contributed by atoms with Crippen LogP contribution in [0.4, 0.5) is 18.9 Å². The molecule has 1 N–H and O–H groups in total. The average molecular weight is 380 g/mol. The summed E-state index contributed by atoms with van der Waals surface area (Å²) < 4.78 is 39.1. The van der Waals surface area contributed by atoms with E-state index in [4.69, 9.17) is 11.6 Å². The van der Waals surface area contributed by atoms with E-state index in [1.54, 1.807) is 0 Å². The SMILES string of the molecule is O=C(Nc1ccnc(Cl)c1)c1ccc(Br)cc1C(F)(F)F. The number of benzene rings is 1. The van der Waals surface area contributed by atoms with Crippen molar-refractivity contribution in [1.82, 2.24) is 4.98 Å². The Kier molecular flexibility index (Phi) is 4.53. The maximum atomic E-state index is 13.0. The number of alkyl halides is 3. The molecule has 8 heteroatoms. The lowest BCUT2D eigenvalue weighted by atomic mass is 10.1. The Balaban J connectivity index is 2.35. The van der Waals surface area contributed by atoms with Gasteiger partial charge in [-0.25, -0.2) is 4.98 Å². The van der Waals surface area contributed by atoms with Gasteiger partial charge in [-0.1, -0.05) is 27.5 Å². The zero-order valence-corrected chi connectivity index (χ0v) is 12.6. The number of nitrogens with one attached hydrogen (secondary N) is 1. The number of anilines is 1. The molecule has 0 unspecified atom stereocenters. The lowest BCUT2D eigenvalue weighted by molar-refractivity contribution is -0.137. The van der Waals surface area contributed by atoms with E-state index >= 15 is 0 Å². The van der Waals surface area contributed by atoms with Gasteiger partial charge in [-0.05, 0) is 30.3 Å². The van der Waals surface area contributed by atoms with E-state index in [9.17, 15) is 18.0 Å². The van der Waals surface area contributed by atoms with Gasteiger partial charge in [0.25, 0.3) is 5.91 Å². The first-order valence-electron chi connectivity index (χ1n) is 5.57. The standard InChI is InChI=1S/C13H7BrClF3N2O/c14-7-1-2-9(10(5-7)13(16,17)18)12(21)20-8-3-4-19-11(15)6-8/h1-6H,(H,19,20,21). The molecule has 1 amide bonds. The second kappa shape index (κ2) is 6.03. The molecule has 110 valence electrons. The fourth-order valence-corrected chi connectivity index (χ4v) is 2.16. The van der Waals surface area contributed by atoms with Crippen LogP contribution < -0.4 is 5.32 Å². The smallest absolute Gasteiger partial charge is 0.322 e. The molecular formula is C13H7BrClF3N2O. The van der Waals surface area contributed by atoms with Gasteiger partial charge in [0.1, 0.15) is 5.15 Å². The summed E-state index contributed by atoms with van der Waals surface area (Å²) >= 11 is 8.61. The van der Waals surface area contributed by atoms with Crippen LogP contribution in [0.1, 0.15) is 15.9 Å². The first-order valence-corrected chi connectivity index (χ1v) is 6.74. The van der Waals surface area contributed by atoms with Gasteiger partial charge in [0.15, 0.2) is 0 Å². The summed E-state index contributed by atoms with van der Waals surface area (Å²) in [5.74, 6) is -0.878. The Morgan fingerprint density at radius 3 is 2.57 bits per heavy atom. The van der Waals surface area contributed by atoms with Crippen molar-refractivity contribution in [3.63, 3.8) is 0 Å². The van der Waals surface area contributed by atoms with Crippen LogP contribution in [0.25, 0.3) is 0 Å². The second-order valence-electron chi connectivity index (χ2n) is 4.01. The lowest BCUT2D eigenvalue weighted by Crippen LogP contribution is -2.18. The molecule has 3 nitrogen and oxygen atoms in total. The summed E-state index contributed by atoms with van der Waals surface area (Å²) in [5, 5.41) is 2.48. The number of nitrogens with zero attached hydrogens (tertiary/aromatic N) is 1. The van der Waals surface area contributed by atoms with Crippen molar-refractivity contribution in [2.24, 2.45) is 0 Å². The third-order valence-electron chi connectivity index (χ3n) is 2.52. The van der Waals surface area contributed by atoms with Gasteiger partial charge in [0.2, 0.25) is 0 Å². The van der Waals surface area contributed by atoms with Crippen LogP contribution in [0.15, 0.2) is 41.0 Å². The highest BCUT2D eigenvalue weighted by atomic mass is 79.9. The molecule has 21 heavy (non-hydrogen) atoms. The molecule has 0 saturated carbocycles. The van der Waals surface area contributed by atoms with E-state index in [0.29, 0.717) is 0 Å². The molecule has 1 heterocycles. The third-order valence-corrected chi connectivity index (χ3v) is 3.22. The van der Waals surface area contributed by atoms with Crippen molar-refractivity contribution < 1.29 is 18.0 Å². The van der Waals surface area contributed by atoms with Crippen LogP contribution in [0.3, 0.4) is 0 Å². The molecule has 0 aliphatic carbocycles. The Bertz CT molecular complexity index is 691. The molecule has 0 radical (unpaired) electrons. The third kappa shape index (κ3) is 3.95. The highest BCUT2D eigenvalue weighted by Crippen LogP contribution is 2.34. The molecule has 0 saturated heterocycles. The minimum atomic E-state index is -4.63. The van der Waals surface area contributed by atoms with Crippen molar-refractivity contribution in [3.8, 4) is 0 Å². The fraction of sp³-hybridized carbons (Fsp3) is 0.0769. The van der Waals surface area contributed by atoms with E-state index in [1.807, 2.05) is 0 Å². The summed E-state index contributed by atoms with van der Waals surface area (Å²) in [5.41, 5.74) is -1.23. The number of aromatic nitrogens is 1. The van der Waals surface area contributed by atoms with Crippen LogP contribution >= 0.6 is 27.5 Å². The minimum absolute atomic E-state index is 0.125. The molecule has 0 atom stereocenters. The predicted octanol–water partition coefficient (Wildman–Crippen LogP) is 4.77. The van der Waals surface area contributed by atoms with Gasteiger partial charge in [-0.3, -0.25) is 4.79 Å². The summed E-state index contributed by atoms with van der Waals surface area (Å²) in [4.78, 5) is 15.7. The van der Waals surface area contributed by atoms with Gasteiger partial charge in [-0.15, -0.1) is 0 Å². The molecule has 2 rings (SSSR count). The number of rotatable bonds is 2. The largest absolute Gasteiger partial charge is 0.417 e. The van der Waals surface area contributed by atoms with Crippen LogP contribution in [0, 0.1) is 0 Å². The zero-order chi connectivity index (χ0) is 15.6. The quantitative estimate of drug-likeness (QED) is 0.764. The van der Waals surface area contributed by atoms with Crippen molar-refractivity contribution in [3.05, 3.63) is 57.3 Å². The van der Waals surface area contributed by atoms with Gasteiger partial charge in [-0.2, -0.15) is 13.2 Å². The highest BCUT2D eigenvalue weighted by Gasteiger charge is 2.35. The van der Waals surface area contributed by atoms with Crippen molar-refractivity contribution in [2.75, 3.05) is 5.32 Å². The minimum Gasteiger partial charge on any atom is -0.322 e. The Morgan fingerprint density at radius 2 is 1.95 bits per heavy atom. The fourth-order valence-electron chi connectivity index (χ4n) is 1.63. The number of halogens is 5. The van der Waals surface area contributed by atoms with Crippen LogP contribution in [0.5, 0.6) is 0 Å². The monoisotopic (exact) mass is 378 g/mol. The summed E-state index contributed by atoms with van der Waals surface area (Å²) in [6.07, 6.45) is -3.30. The first-order chi connectivity index (χ1) is 9.77. The Morgan fingerprint density at radius 1 is 1.24 bits per heavy atom. The summed E-state index contributed by atoms with van der Waals surface area (Å²) in [6, 6.07) is 6.09.